The van der Waals surface area contributed by atoms with E-state index in [1.165, 1.54) is 0 Å². The molecule has 12 heavy (non-hydrogen) atoms. The van der Waals surface area contributed by atoms with Gasteiger partial charge in [0.1, 0.15) is 11.5 Å². The van der Waals surface area contributed by atoms with Crippen molar-refractivity contribution in [3.63, 3.8) is 0 Å². The number of fused-ring (bicyclic) bond motifs is 1. The zero-order valence-electron chi connectivity index (χ0n) is 6.45. The van der Waals surface area contributed by atoms with Crippen LogP contribution in [0.2, 0.25) is 0 Å². The van der Waals surface area contributed by atoms with Crippen molar-refractivity contribution < 1.29 is 9.53 Å². The van der Waals surface area contributed by atoms with E-state index in [-0.39, 0.29) is 11.3 Å². The van der Waals surface area contributed by atoms with Gasteiger partial charge in [0, 0.05) is 12.1 Å². The third kappa shape index (κ3) is 1.30. The van der Waals surface area contributed by atoms with Gasteiger partial charge in [-0.2, -0.15) is 0 Å². The van der Waals surface area contributed by atoms with E-state index in [9.17, 15) is 4.79 Å². The number of nitrogens with one attached hydrogen (secondary N) is 1. The number of carbonyl (C=O) groups is 1. The van der Waals surface area contributed by atoms with Crippen molar-refractivity contribution >= 4 is 17.7 Å². The molecule has 66 valence electrons. The summed E-state index contributed by atoms with van der Waals surface area (Å²) in [6.07, 6.45) is 2.14. The van der Waals surface area contributed by atoms with E-state index in [1.807, 2.05) is 6.08 Å². The van der Waals surface area contributed by atoms with Gasteiger partial charge in [-0.1, -0.05) is 6.08 Å². The van der Waals surface area contributed by atoms with Crippen molar-refractivity contribution in [2.24, 2.45) is 5.73 Å². The smallest absolute Gasteiger partial charge is 0.246 e. The van der Waals surface area contributed by atoms with Crippen molar-refractivity contribution in [2.75, 3.05) is 5.88 Å². The molecule has 0 aromatic carbocycles. The first-order chi connectivity index (χ1) is 5.77. The minimum atomic E-state index is -0.439. The molecule has 2 atom stereocenters. The molecule has 2 heterocycles. The van der Waals surface area contributed by atoms with Gasteiger partial charge in [0.2, 0.25) is 5.91 Å². The lowest BCUT2D eigenvalue weighted by Gasteiger charge is -2.22. The van der Waals surface area contributed by atoms with Crippen LogP contribution in [0, 0.1) is 0 Å². The SMILES string of the molecule is NC(=O)C1CC=C2NCSC2O1. The van der Waals surface area contributed by atoms with Crippen LogP contribution in [-0.4, -0.2) is 23.3 Å². The van der Waals surface area contributed by atoms with Crippen LogP contribution in [0.1, 0.15) is 6.42 Å². The predicted octanol–water partition coefficient (Wildman–Crippen LogP) is -0.236. The predicted molar refractivity (Wildman–Crippen MR) is 46.1 cm³/mol. The third-order valence-corrected chi connectivity index (χ3v) is 2.90. The Morgan fingerprint density at radius 2 is 2.67 bits per heavy atom. The number of hydrogen-bond donors (Lipinski definition) is 2. The highest BCUT2D eigenvalue weighted by Crippen LogP contribution is 2.30. The van der Waals surface area contributed by atoms with Crippen LogP contribution < -0.4 is 11.1 Å². The average Bonchev–Trinajstić information content (AvgIpc) is 2.49. The number of carbonyl (C=O) groups excluding carboxylic acids is 1. The molecule has 0 aliphatic carbocycles. The maximum Gasteiger partial charge on any atom is 0.246 e. The van der Waals surface area contributed by atoms with Crippen molar-refractivity contribution in [3.8, 4) is 0 Å². The second-order valence-electron chi connectivity index (χ2n) is 2.74. The lowest BCUT2D eigenvalue weighted by atomic mass is 10.1. The molecule has 4 nitrogen and oxygen atoms in total. The number of nitrogens with two attached hydrogens (primary N) is 1. The number of ether oxygens (including phenoxy) is 1. The summed E-state index contributed by atoms with van der Waals surface area (Å²) in [5.74, 6) is 0.472. The van der Waals surface area contributed by atoms with Gasteiger partial charge >= 0.3 is 0 Å². The summed E-state index contributed by atoms with van der Waals surface area (Å²) in [7, 11) is 0. The average molecular weight is 186 g/mol. The molecule has 2 aliphatic rings. The Morgan fingerprint density at radius 3 is 3.42 bits per heavy atom. The Labute approximate surface area is 74.5 Å². The first-order valence-corrected chi connectivity index (χ1v) is 4.82. The maximum absolute atomic E-state index is 10.8. The van der Waals surface area contributed by atoms with Crippen LogP contribution in [0.15, 0.2) is 11.8 Å². The molecule has 0 spiro atoms. The van der Waals surface area contributed by atoms with Crippen LogP contribution in [0.3, 0.4) is 0 Å². The number of thioether (sulfide) groups is 1. The lowest BCUT2D eigenvalue weighted by molar-refractivity contribution is -0.130. The molecule has 2 aliphatic heterocycles. The normalized spacial score (nSPS) is 33.5. The van der Waals surface area contributed by atoms with E-state index < -0.39 is 6.10 Å². The number of amides is 1. The van der Waals surface area contributed by atoms with Crippen LogP contribution in [0.5, 0.6) is 0 Å². The molecular weight excluding hydrogens is 176 g/mol. The van der Waals surface area contributed by atoms with Crippen molar-refractivity contribution in [1.29, 1.82) is 0 Å². The summed E-state index contributed by atoms with van der Waals surface area (Å²) in [5.41, 5.74) is 6.20. The Kier molecular flexibility index (Phi) is 1.98. The zero-order chi connectivity index (χ0) is 8.55. The number of hydrogen-bond acceptors (Lipinski definition) is 4. The quantitative estimate of drug-likeness (QED) is 0.593. The summed E-state index contributed by atoms with van der Waals surface area (Å²) in [5, 5.41) is 3.16. The van der Waals surface area contributed by atoms with Crippen LogP contribution in [0.4, 0.5) is 0 Å². The molecule has 0 radical (unpaired) electrons. The first kappa shape index (κ1) is 7.94. The van der Waals surface area contributed by atoms with Crippen molar-refractivity contribution in [1.82, 2.24) is 5.32 Å². The Morgan fingerprint density at radius 1 is 1.83 bits per heavy atom. The van der Waals surface area contributed by atoms with Crippen LogP contribution >= 0.6 is 11.8 Å². The molecular formula is C7H10N2O2S. The second kappa shape index (κ2) is 2.99. The van der Waals surface area contributed by atoms with Gasteiger partial charge < -0.3 is 15.8 Å². The van der Waals surface area contributed by atoms with Crippen molar-refractivity contribution in [3.05, 3.63) is 11.8 Å². The Balaban J connectivity index is 2.08. The molecule has 3 N–H and O–H groups in total. The molecule has 5 heteroatoms. The van der Waals surface area contributed by atoms with E-state index in [0.717, 1.165) is 11.6 Å². The molecule has 2 rings (SSSR count). The third-order valence-electron chi connectivity index (χ3n) is 1.92. The summed E-state index contributed by atoms with van der Waals surface area (Å²) in [6.45, 7) is 0. The summed E-state index contributed by atoms with van der Waals surface area (Å²) in [4.78, 5) is 10.8. The molecule has 0 aromatic rings. The fourth-order valence-electron chi connectivity index (χ4n) is 1.28. The molecule has 2 unspecified atom stereocenters. The topological polar surface area (TPSA) is 64.4 Å². The number of primary amides is 1. The summed E-state index contributed by atoms with van der Waals surface area (Å²) >= 11 is 1.64. The van der Waals surface area contributed by atoms with E-state index in [1.54, 1.807) is 11.8 Å². The molecule has 0 bridgehead atoms. The fourth-order valence-corrected chi connectivity index (χ4v) is 2.25. The Bertz CT molecular complexity index is 242. The van der Waals surface area contributed by atoms with Gasteiger partial charge in [-0.15, -0.1) is 11.8 Å². The van der Waals surface area contributed by atoms with Gasteiger partial charge in [-0.05, 0) is 0 Å². The lowest BCUT2D eigenvalue weighted by Crippen LogP contribution is -2.36. The molecule has 1 saturated heterocycles. The highest BCUT2D eigenvalue weighted by atomic mass is 32.2. The minimum absolute atomic E-state index is 0.00347. The van der Waals surface area contributed by atoms with E-state index in [2.05, 4.69) is 5.32 Å². The van der Waals surface area contributed by atoms with Crippen LogP contribution in [0.25, 0.3) is 0 Å². The van der Waals surface area contributed by atoms with Gasteiger partial charge in [-0.25, -0.2) is 0 Å². The molecule has 0 aromatic heterocycles. The first-order valence-electron chi connectivity index (χ1n) is 3.77. The van der Waals surface area contributed by atoms with E-state index >= 15 is 0 Å². The summed E-state index contributed by atoms with van der Waals surface area (Å²) < 4.78 is 5.43. The van der Waals surface area contributed by atoms with E-state index in [4.69, 9.17) is 10.5 Å². The highest BCUT2D eigenvalue weighted by Gasteiger charge is 2.31. The maximum atomic E-state index is 10.8. The van der Waals surface area contributed by atoms with Crippen molar-refractivity contribution in [2.45, 2.75) is 18.0 Å². The fraction of sp³-hybridized carbons (Fsp3) is 0.571. The van der Waals surface area contributed by atoms with Crippen LogP contribution in [-0.2, 0) is 9.53 Å². The largest absolute Gasteiger partial charge is 0.377 e. The standard InChI is InChI=1S/C7H10N2O2S/c8-6(10)5-2-1-4-7(11-5)12-3-9-4/h1,5,7,9H,2-3H2,(H2,8,10). The van der Waals surface area contributed by atoms with E-state index in [0.29, 0.717) is 6.42 Å². The minimum Gasteiger partial charge on any atom is -0.377 e. The van der Waals surface area contributed by atoms with Gasteiger partial charge in [0.15, 0.2) is 0 Å². The molecule has 1 fully saturated rings. The van der Waals surface area contributed by atoms with Gasteiger partial charge in [-0.3, -0.25) is 4.79 Å². The Hall–Kier alpha value is -0.680. The molecule has 1 amide bonds. The van der Waals surface area contributed by atoms with Gasteiger partial charge in [0.25, 0.3) is 0 Å². The zero-order valence-corrected chi connectivity index (χ0v) is 7.26. The highest BCUT2D eigenvalue weighted by molar-refractivity contribution is 8.00. The summed E-state index contributed by atoms with van der Waals surface area (Å²) in [6, 6.07) is 0. The second-order valence-corrected chi connectivity index (χ2v) is 3.79. The van der Waals surface area contributed by atoms with Gasteiger partial charge in [0.05, 0.1) is 5.88 Å². The molecule has 0 saturated carbocycles. The number of rotatable bonds is 1. The monoisotopic (exact) mass is 186 g/mol.